The lowest BCUT2D eigenvalue weighted by molar-refractivity contribution is 0.0631. The molecule has 1 aliphatic carbocycles. The summed E-state index contributed by atoms with van der Waals surface area (Å²) < 4.78 is 5.53. The first kappa shape index (κ1) is 18.7. The summed E-state index contributed by atoms with van der Waals surface area (Å²) >= 11 is 0. The van der Waals surface area contributed by atoms with E-state index in [1.807, 2.05) is 29.2 Å². The van der Waals surface area contributed by atoms with Crippen LogP contribution < -0.4 is 10.1 Å². The number of ether oxygens (including phenoxy) is 1. The molecule has 1 unspecified atom stereocenters. The number of para-hydroxylation sites is 1. The molecule has 4 nitrogen and oxygen atoms in total. The SMILES string of the molecule is COc1ccccc1C1CNCCN1C(=O)c1ccc2c(c1)CCC2.Cl. The van der Waals surface area contributed by atoms with Crippen LogP contribution >= 0.6 is 12.4 Å². The molecule has 2 aromatic rings. The van der Waals surface area contributed by atoms with Crippen LogP contribution in [-0.2, 0) is 12.8 Å². The van der Waals surface area contributed by atoms with Crippen LogP contribution in [0.4, 0.5) is 0 Å². The smallest absolute Gasteiger partial charge is 0.254 e. The molecule has 1 N–H and O–H groups in total. The van der Waals surface area contributed by atoms with Gasteiger partial charge in [0.25, 0.3) is 5.91 Å². The first-order valence-corrected chi connectivity index (χ1v) is 9.04. The van der Waals surface area contributed by atoms with E-state index in [0.29, 0.717) is 6.54 Å². The van der Waals surface area contributed by atoms with Crippen molar-refractivity contribution < 1.29 is 9.53 Å². The molecule has 2 aliphatic rings. The quantitative estimate of drug-likeness (QED) is 0.897. The number of amides is 1. The summed E-state index contributed by atoms with van der Waals surface area (Å²) in [6.45, 7) is 2.28. The Kier molecular flexibility index (Phi) is 5.84. The highest BCUT2D eigenvalue weighted by molar-refractivity contribution is 5.95. The number of carbonyl (C=O) groups excluding carboxylic acids is 1. The largest absolute Gasteiger partial charge is 0.496 e. The average molecular weight is 373 g/mol. The van der Waals surface area contributed by atoms with Crippen molar-refractivity contribution in [3.05, 3.63) is 64.7 Å². The van der Waals surface area contributed by atoms with Crippen LogP contribution in [0.1, 0.15) is 39.5 Å². The number of carbonyl (C=O) groups is 1. The minimum absolute atomic E-state index is 0. The number of aryl methyl sites for hydroxylation is 2. The molecule has 1 heterocycles. The van der Waals surface area contributed by atoms with Crippen molar-refractivity contribution >= 4 is 18.3 Å². The van der Waals surface area contributed by atoms with E-state index in [-0.39, 0.29) is 24.4 Å². The highest BCUT2D eigenvalue weighted by Crippen LogP contribution is 2.32. The van der Waals surface area contributed by atoms with E-state index in [0.717, 1.165) is 42.8 Å². The first-order valence-electron chi connectivity index (χ1n) is 9.04. The molecule has 0 saturated carbocycles. The van der Waals surface area contributed by atoms with Gasteiger partial charge in [-0.2, -0.15) is 0 Å². The molecule has 0 radical (unpaired) electrons. The van der Waals surface area contributed by atoms with E-state index >= 15 is 0 Å². The Balaban J connectivity index is 0.00000196. The average Bonchev–Trinajstić information content (AvgIpc) is 3.15. The number of nitrogens with zero attached hydrogens (tertiary/aromatic N) is 1. The molecule has 2 aromatic carbocycles. The van der Waals surface area contributed by atoms with Crippen LogP contribution in [0.15, 0.2) is 42.5 Å². The lowest BCUT2D eigenvalue weighted by Crippen LogP contribution is -2.48. The monoisotopic (exact) mass is 372 g/mol. The second kappa shape index (κ2) is 8.11. The Morgan fingerprint density at radius 3 is 2.81 bits per heavy atom. The molecular formula is C21H25ClN2O2. The number of piperazine rings is 1. The van der Waals surface area contributed by atoms with Gasteiger partial charge in [0.1, 0.15) is 5.75 Å². The van der Waals surface area contributed by atoms with Gasteiger partial charge in [0.2, 0.25) is 0 Å². The van der Waals surface area contributed by atoms with Gasteiger partial charge in [-0.05, 0) is 48.6 Å². The van der Waals surface area contributed by atoms with Crippen LogP contribution in [-0.4, -0.2) is 37.6 Å². The topological polar surface area (TPSA) is 41.6 Å². The number of nitrogens with one attached hydrogen (secondary N) is 1. The second-order valence-electron chi connectivity index (χ2n) is 6.80. The predicted molar refractivity (Wildman–Crippen MR) is 105 cm³/mol. The second-order valence-corrected chi connectivity index (χ2v) is 6.80. The summed E-state index contributed by atoms with van der Waals surface area (Å²) in [6.07, 6.45) is 3.43. The van der Waals surface area contributed by atoms with E-state index < -0.39 is 0 Å². The molecule has 4 rings (SSSR count). The van der Waals surface area contributed by atoms with Gasteiger partial charge in [0.15, 0.2) is 0 Å². The molecule has 1 atom stereocenters. The predicted octanol–water partition coefficient (Wildman–Crippen LogP) is 3.39. The Labute approximate surface area is 160 Å². The van der Waals surface area contributed by atoms with Crippen molar-refractivity contribution in [1.82, 2.24) is 10.2 Å². The van der Waals surface area contributed by atoms with Gasteiger partial charge in [0, 0.05) is 30.8 Å². The summed E-state index contributed by atoms with van der Waals surface area (Å²) in [6, 6.07) is 14.2. The number of benzene rings is 2. The minimum atomic E-state index is -0.00865. The van der Waals surface area contributed by atoms with Gasteiger partial charge >= 0.3 is 0 Å². The van der Waals surface area contributed by atoms with E-state index in [4.69, 9.17) is 4.74 Å². The highest BCUT2D eigenvalue weighted by atomic mass is 35.5. The minimum Gasteiger partial charge on any atom is -0.496 e. The van der Waals surface area contributed by atoms with Crippen molar-refractivity contribution in [2.24, 2.45) is 0 Å². The Morgan fingerprint density at radius 1 is 1.15 bits per heavy atom. The number of fused-ring (bicyclic) bond motifs is 1. The fourth-order valence-corrected chi connectivity index (χ4v) is 4.04. The fourth-order valence-electron chi connectivity index (χ4n) is 4.04. The van der Waals surface area contributed by atoms with E-state index in [9.17, 15) is 4.79 Å². The van der Waals surface area contributed by atoms with Crippen LogP contribution in [0.25, 0.3) is 0 Å². The van der Waals surface area contributed by atoms with Gasteiger partial charge in [0.05, 0.1) is 13.2 Å². The third-order valence-electron chi connectivity index (χ3n) is 5.35. The Bertz CT molecular complexity index is 793. The van der Waals surface area contributed by atoms with Crippen LogP contribution in [0.5, 0.6) is 5.75 Å². The third kappa shape index (κ3) is 3.44. The van der Waals surface area contributed by atoms with Crippen LogP contribution in [0.3, 0.4) is 0 Å². The maximum atomic E-state index is 13.2. The summed E-state index contributed by atoms with van der Waals surface area (Å²) in [5.74, 6) is 0.954. The van der Waals surface area contributed by atoms with E-state index in [1.165, 1.54) is 17.5 Å². The normalized spacial score (nSPS) is 18.8. The first-order chi connectivity index (χ1) is 12.3. The zero-order valence-corrected chi connectivity index (χ0v) is 15.8. The highest BCUT2D eigenvalue weighted by Gasteiger charge is 2.30. The summed E-state index contributed by atoms with van der Waals surface area (Å²) in [4.78, 5) is 15.2. The molecular weight excluding hydrogens is 348 g/mol. The number of rotatable bonds is 3. The van der Waals surface area contributed by atoms with Crippen molar-refractivity contribution in [3.63, 3.8) is 0 Å². The number of halogens is 1. The van der Waals surface area contributed by atoms with Crippen molar-refractivity contribution in [2.75, 3.05) is 26.7 Å². The molecule has 0 aromatic heterocycles. The Hall–Kier alpha value is -2.04. The number of hydrogen-bond donors (Lipinski definition) is 1. The maximum Gasteiger partial charge on any atom is 0.254 e. The zero-order valence-electron chi connectivity index (χ0n) is 15.0. The lowest BCUT2D eigenvalue weighted by atomic mass is 9.99. The number of methoxy groups -OCH3 is 1. The van der Waals surface area contributed by atoms with Crippen molar-refractivity contribution in [3.8, 4) is 5.75 Å². The van der Waals surface area contributed by atoms with Crippen LogP contribution in [0, 0.1) is 0 Å². The van der Waals surface area contributed by atoms with Gasteiger partial charge < -0.3 is 15.0 Å². The standard InChI is InChI=1S/C21H24N2O2.ClH/c1-25-20-8-3-2-7-18(20)19-14-22-11-12-23(19)21(24)17-10-9-15-5-4-6-16(15)13-17;/h2-3,7-10,13,19,22H,4-6,11-12,14H2,1H3;1H. The van der Waals surface area contributed by atoms with E-state index in [2.05, 4.69) is 23.5 Å². The summed E-state index contributed by atoms with van der Waals surface area (Å²) in [5.41, 5.74) is 4.61. The van der Waals surface area contributed by atoms with Gasteiger partial charge in [-0.25, -0.2) is 0 Å². The third-order valence-corrected chi connectivity index (χ3v) is 5.35. The summed E-state index contributed by atoms with van der Waals surface area (Å²) in [7, 11) is 1.68. The molecule has 26 heavy (non-hydrogen) atoms. The zero-order chi connectivity index (χ0) is 17.2. The summed E-state index contributed by atoms with van der Waals surface area (Å²) in [5, 5.41) is 3.41. The van der Waals surface area contributed by atoms with Gasteiger partial charge in [-0.3, -0.25) is 4.79 Å². The molecule has 1 amide bonds. The molecule has 1 fully saturated rings. The van der Waals surface area contributed by atoms with Crippen molar-refractivity contribution in [2.45, 2.75) is 25.3 Å². The van der Waals surface area contributed by atoms with Crippen molar-refractivity contribution in [1.29, 1.82) is 0 Å². The maximum absolute atomic E-state index is 13.2. The fraction of sp³-hybridized carbons (Fsp3) is 0.381. The lowest BCUT2D eigenvalue weighted by Gasteiger charge is -2.37. The molecule has 1 aliphatic heterocycles. The molecule has 0 bridgehead atoms. The van der Waals surface area contributed by atoms with E-state index in [1.54, 1.807) is 7.11 Å². The van der Waals surface area contributed by atoms with Gasteiger partial charge in [-0.1, -0.05) is 24.3 Å². The van der Waals surface area contributed by atoms with Crippen LogP contribution in [0.2, 0.25) is 0 Å². The molecule has 5 heteroatoms. The molecule has 1 saturated heterocycles. The molecule has 138 valence electrons. The molecule has 0 spiro atoms. The number of hydrogen-bond acceptors (Lipinski definition) is 3. The Morgan fingerprint density at radius 2 is 1.96 bits per heavy atom. The van der Waals surface area contributed by atoms with Gasteiger partial charge in [-0.15, -0.1) is 12.4 Å².